The predicted octanol–water partition coefficient (Wildman–Crippen LogP) is 3.10. The molecule has 1 aliphatic rings. The fourth-order valence-corrected chi connectivity index (χ4v) is 3.37. The van der Waals surface area contributed by atoms with Crippen LogP contribution in [-0.4, -0.2) is 48.6 Å². The molecule has 1 aliphatic heterocycles. The number of carbonyl (C=O) groups is 2. The number of amides is 1. The molecule has 3 rings (SSSR count). The van der Waals surface area contributed by atoms with Crippen LogP contribution in [0.5, 0.6) is 5.75 Å². The van der Waals surface area contributed by atoms with Crippen LogP contribution >= 0.6 is 0 Å². The summed E-state index contributed by atoms with van der Waals surface area (Å²) in [5.41, 5.74) is 2.78. The Labute approximate surface area is 158 Å². The molecule has 2 aromatic rings. The molecule has 142 valence electrons. The summed E-state index contributed by atoms with van der Waals surface area (Å²) in [5, 5.41) is 11.9. The zero-order chi connectivity index (χ0) is 19.2. The number of carboxylic acid groups (broad SMARTS) is 1. The molecule has 0 aliphatic carbocycles. The van der Waals surface area contributed by atoms with Gasteiger partial charge in [-0.15, -0.1) is 0 Å². The number of hydrogen-bond donors (Lipinski definition) is 2. The molecule has 0 atom stereocenters. The predicted molar refractivity (Wildman–Crippen MR) is 104 cm³/mol. The van der Waals surface area contributed by atoms with Crippen molar-refractivity contribution in [1.82, 2.24) is 4.90 Å². The van der Waals surface area contributed by atoms with Crippen molar-refractivity contribution in [2.45, 2.75) is 12.8 Å². The van der Waals surface area contributed by atoms with Gasteiger partial charge in [0.05, 0.1) is 13.7 Å². The minimum Gasteiger partial charge on any atom is -0.497 e. The number of rotatable bonds is 6. The van der Waals surface area contributed by atoms with Crippen molar-refractivity contribution < 1.29 is 19.4 Å². The first kappa shape index (κ1) is 18.9. The van der Waals surface area contributed by atoms with Crippen molar-refractivity contribution in [3.8, 4) is 16.9 Å². The molecule has 0 bridgehead atoms. The van der Waals surface area contributed by atoms with Gasteiger partial charge in [0, 0.05) is 11.6 Å². The number of methoxy groups -OCH3 is 1. The lowest BCUT2D eigenvalue weighted by atomic mass is 9.95. The van der Waals surface area contributed by atoms with Gasteiger partial charge in [-0.2, -0.15) is 0 Å². The fraction of sp³-hybridized carbons (Fsp3) is 0.333. The first-order chi connectivity index (χ1) is 13.0. The molecule has 0 radical (unpaired) electrons. The molecule has 6 heteroatoms. The van der Waals surface area contributed by atoms with Gasteiger partial charge in [-0.05, 0) is 61.3 Å². The van der Waals surface area contributed by atoms with Gasteiger partial charge in [0.25, 0.3) is 0 Å². The lowest BCUT2D eigenvalue weighted by Crippen LogP contribution is -2.40. The van der Waals surface area contributed by atoms with E-state index in [1.165, 1.54) is 0 Å². The van der Waals surface area contributed by atoms with E-state index in [1.807, 2.05) is 53.4 Å². The number of piperidine rings is 1. The van der Waals surface area contributed by atoms with E-state index in [1.54, 1.807) is 7.11 Å². The number of ether oxygens (including phenoxy) is 1. The minimum absolute atomic E-state index is 0.00670. The van der Waals surface area contributed by atoms with Crippen LogP contribution in [0.15, 0.2) is 48.5 Å². The Kier molecular flexibility index (Phi) is 6.08. The number of benzene rings is 2. The van der Waals surface area contributed by atoms with E-state index in [0.717, 1.165) is 22.6 Å². The highest BCUT2D eigenvalue weighted by atomic mass is 16.5. The molecule has 1 heterocycles. The minimum atomic E-state index is -0.827. The Morgan fingerprint density at radius 1 is 1.11 bits per heavy atom. The van der Waals surface area contributed by atoms with E-state index in [-0.39, 0.29) is 18.4 Å². The van der Waals surface area contributed by atoms with E-state index in [0.29, 0.717) is 25.9 Å². The van der Waals surface area contributed by atoms with Gasteiger partial charge in [-0.1, -0.05) is 24.3 Å². The lowest BCUT2D eigenvalue weighted by molar-refractivity contribution is -0.138. The standard InChI is InChI=1S/C21H24N2O4/c1-27-19-7-3-5-17(13-19)16-4-2-6-18(12-16)22-21(26)15-8-10-23(11-9-15)14-20(24)25/h2-7,12-13,15H,8-11,14H2,1H3,(H,22,26)(H,24,25). The molecular formula is C21H24N2O4. The quantitative estimate of drug-likeness (QED) is 0.819. The Morgan fingerprint density at radius 3 is 2.44 bits per heavy atom. The summed E-state index contributed by atoms with van der Waals surface area (Å²) in [6, 6.07) is 15.5. The molecule has 0 aromatic heterocycles. The highest BCUT2D eigenvalue weighted by molar-refractivity contribution is 5.93. The van der Waals surface area contributed by atoms with E-state index in [2.05, 4.69) is 5.32 Å². The summed E-state index contributed by atoms with van der Waals surface area (Å²) >= 11 is 0. The lowest BCUT2D eigenvalue weighted by Gasteiger charge is -2.30. The third-order valence-corrected chi connectivity index (χ3v) is 4.85. The van der Waals surface area contributed by atoms with Crippen molar-refractivity contribution in [3.63, 3.8) is 0 Å². The zero-order valence-corrected chi connectivity index (χ0v) is 15.4. The molecule has 6 nitrogen and oxygen atoms in total. The van der Waals surface area contributed by atoms with Crippen molar-refractivity contribution in [2.75, 3.05) is 32.1 Å². The molecule has 1 fully saturated rings. The second-order valence-corrected chi connectivity index (χ2v) is 6.75. The summed E-state index contributed by atoms with van der Waals surface area (Å²) in [7, 11) is 1.64. The molecule has 0 spiro atoms. The molecule has 0 saturated carbocycles. The molecule has 0 unspecified atom stereocenters. The number of likely N-dealkylation sites (tertiary alicyclic amines) is 1. The van der Waals surface area contributed by atoms with Crippen LogP contribution in [-0.2, 0) is 9.59 Å². The Hall–Kier alpha value is -2.86. The average Bonchev–Trinajstić information content (AvgIpc) is 2.68. The second-order valence-electron chi connectivity index (χ2n) is 6.75. The van der Waals surface area contributed by atoms with Crippen LogP contribution in [0.2, 0.25) is 0 Å². The van der Waals surface area contributed by atoms with Gasteiger partial charge in [0.1, 0.15) is 5.75 Å². The van der Waals surface area contributed by atoms with Crippen LogP contribution in [0, 0.1) is 5.92 Å². The molecule has 27 heavy (non-hydrogen) atoms. The van der Waals surface area contributed by atoms with Gasteiger partial charge >= 0.3 is 5.97 Å². The van der Waals surface area contributed by atoms with Crippen LogP contribution < -0.4 is 10.1 Å². The average molecular weight is 368 g/mol. The van der Waals surface area contributed by atoms with Gasteiger partial charge in [-0.25, -0.2) is 0 Å². The smallest absolute Gasteiger partial charge is 0.317 e. The number of nitrogens with one attached hydrogen (secondary N) is 1. The van der Waals surface area contributed by atoms with Crippen molar-refractivity contribution in [2.24, 2.45) is 5.92 Å². The van der Waals surface area contributed by atoms with Crippen molar-refractivity contribution >= 4 is 17.6 Å². The van der Waals surface area contributed by atoms with Crippen molar-refractivity contribution in [1.29, 1.82) is 0 Å². The number of nitrogens with zero attached hydrogens (tertiary/aromatic N) is 1. The zero-order valence-electron chi connectivity index (χ0n) is 15.4. The maximum Gasteiger partial charge on any atom is 0.317 e. The van der Waals surface area contributed by atoms with Gasteiger partial charge in [0.2, 0.25) is 5.91 Å². The third-order valence-electron chi connectivity index (χ3n) is 4.85. The number of carbonyl (C=O) groups excluding carboxylic acids is 1. The van der Waals surface area contributed by atoms with Crippen molar-refractivity contribution in [3.05, 3.63) is 48.5 Å². The van der Waals surface area contributed by atoms with Gasteiger partial charge in [0.15, 0.2) is 0 Å². The van der Waals surface area contributed by atoms with E-state index < -0.39 is 5.97 Å². The number of hydrogen-bond acceptors (Lipinski definition) is 4. The normalized spacial score (nSPS) is 15.3. The van der Waals surface area contributed by atoms with E-state index in [4.69, 9.17) is 9.84 Å². The molecule has 1 amide bonds. The highest BCUT2D eigenvalue weighted by Gasteiger charge is 2.25. The molecule has 2 aromatic carbocycles. The number of carboxylic acids is 1. The Morgan fingerprint density at radius 2 is 1.78 bits per heavy atom. The maximum absolute atomic E-state index is 12.6. The Balaban J connectivity index is 1.63. The summed E-state index contributed by atoms with van der Waals surface area (Å²) in [6.45, 7) is 1.30. The number of aliphatic carboxylic acids is 1. The first-order valence-electron chi connectivity index (χ1n) is 9.04. The SMILES string of the molecule is COc1cccc(-c2cccc(NC(=O)C3CCN(CC(=O)O)CC3)c2)c1. The third kappa shape index (κ3) is 5.08. The van der Waals surface area contributed by atoms with Crippen LogP contribution in [0.3, 0.4) is 0 Å². The van der Waals surface area contributed by atoms with Gasteiger partial charge < -0.3 is 15.2 Å². The second kappa shape index (κ2) is 8.68. The van der Waals surface area contributed by atoms with Crippen LogP contribution in [0.1, 0.15) is 12.8 Å². The van der Waals surface area contributed by atoms with E-state index in [9.17, 15) is 9.59 Å². The maximum atomic E-state index is 12.6. The molecular weight excluding hydrogens is 344 g/mol. The summed E-state index contributed by atoms with van der Waals surface area (Å²) in [6.07, 6.45) is 1.35. The summed E-state index contributed by atoms with van der Waals surface area (Å²) in [5.74, 6) is -0.134. The van der Waals surface area contributed by atoms with Crippen LogP contribution in [0.25, 0.3) is 11.1 Å². The monoisotopic (exact) mass is 368 g/mol. The topological polar surface area (TPSA) is 78.9 Å². The Bertz CT molecular complexity index is 813. The van der Waals surface area contributed by atoms with E-state index >= 15 is 0 Å². The number of anilines is 1. The highest BCUT2D eigenvalue weighted by Crippen LogP contribution is 2.27. The fourth-order valence-electron chi connectivity index (χ4n) is 3.37. The molecule has 1 saturated heterocycles. The van der Waals surface area contributed by atoms with Crippen LogP contribution in [0.4, 0.5) is 5.69 Å². The summed E-state index contributed by atoms with van der Waals surface area (Å²) in [4.78, 5) is 25.2. The van der Waals surface area contributed by atoms with Gasteiger partial charge in [-0.3, -0.25) is 14.5 Å². The largest absolute Gasteiger partial charge is 0.497 e. The summed E-state index contributed by atoms with van der Waals surface area (Å²) < 4.78 is 5.27. The first-order valence-corrected chi connectivity index (χ1v) is 9.04. The molecule has 2 N–H and O–H groups in total.